The molecule has 134 valence electrons. The molecule has 0 unspecified atom stereocenters. The van der Waals surface area contributed by atoms with Gasteiger partial charge >= 0.3 is 0 Å². The van der Waals surface area contributed by atoms with E-state index in [1.807, 2.05) is 37.3 Å². The Morgan fingerprint density at radius 1 is 1.12 bits per heavy atom. The highest BCUT2D eigenvalue weighted by molar-refractivity contribution is 5.98. The van der Waals surface area contributed by atoms with E-state index >= 15 is 0 Å². The number of hydrogen-bond donors (Lipinski definition) is 0. The van der Waals surface area contributed by atoms with Gasteiger partial charge in [0.25, 0.3) is 0 Å². The molecule has 5 rings (SSSR count). The molecule has 0 saturated heterocycles. The molecule has 0 heterocycles. The molecule has 4 bridgehead atoms. The van der Waals surface area contributed by atoms with Crippen LogP contribution in [0.25, 0.3) is 6.08 Å². The normalized spacial score (nSPS) is 33.0. The van der Waals surface area contributed by atoms with E-state index in [1.54, 1.807) is 7.11 Å². The lowest BCUT2D eigenvalue weighted by Crippen LogP contribution is -2.49. The van der Waals surface area contributed by atoms with Crippen LogP contribution >= 0.6 is 0 Å². The molecular weight excluding hydrogens is 312 g/mol. The van der Waals surface area contributed by atoms with Crippen molar-refractivity contribution in [1.82, 2.24) is 0 Å². The van der Waals surface area contributed by atoms with E-state index in [-0.39, 0.29) is 5.41 Å². The molecule has 0 amide bonds. The molecule has 0 spiro atoms. The van der Waals surface area contributed by atoms with E-state index in [4.69, 9.17) is 9.47 Å². The van der Waals surface area contributed by atoms with Crippen LogP contribution < -0.4 is 9.47 Å². The Bertz CT molecular complexity index is 653. The van der Waals surface area contributed by atoms with Crippen molar-refractivity contribution in [3.63, 3.8) is 0 Å². The summed E-state index contributed by atoms with van der Waals surface area (Å²) in [6.07, 6.45) is 11.2. The summed E-state index contributed by atoms with van der Waals surface area (Å²) >= 11 is 0. The highest BCUT2D eigenvalue weighted by Gasteiger charge is 2.53. The predicted molar refractivity (Wildman–Crippen MR) is 98.8 cm³/mol. The third-order valence-electron chi connectivity index (χ3n) is 6.48. The van der Waals surface area contributed by atoms with Crippen LogP contribution in [0.3, 0.4) is 0 Å². The van der Waals surface area contributed by atoms with Gasteiger partial charge < -0.3 is 9.47 Å². The molecule has 3 nitrogen and oxygen atoms in total. The van der Waals surface area contributed by atoms with Crippen LogP contribution in [-0.4, -0.2) is 19.5 Å². The quantitative estimate of drug-likeness (QED) is 0.692. The largest absolute Gasteiger partial charge is 0.493 e. The molecule has 0 aromatic heterocycles. The Hall–Kier alpha value is -1.77. The van der Waals surface area contributed by atoms with Crippen molar-refractivity contribution < 1.29 is 14.3 Å². The van der Waals surface area contributed by atoms with Crippen LogP contribution in [0.2, 0.25) is 0 Å². The average Bonchev–Trinajstić information content (AvgIpc) is 2.59. The minimum atomic E-state index is -0.0550. The number of benzene rings is 1. The van der Waals surface area contributed by atoms with Gasteiger partial charge in [-0.3, -0.25) is 4.79 Å². The maximum absolute atomic E-state index is 13.1. The molecule has 0 radical (unpaired) electrons. The van der Waals surface area contributed by atoms with E-state index in [2.05, 4.69) is 0 Å². The van der Waals surface area contributed by atoms with Gasteiger partial charge in [0.15, 0.2) is 17.3 Å². The predicted octanol–water partition coefficient (Wildman–Crippen LogP) is 4.89. The summed E-state index contributed by atoms with van der Waals surface area (Å²) in [6.45, 7) is 2.56. The number of allylic oxidation sites excluding steroid dienone is 1. The molecule has 3 heteroatoms. The number of ether oxygens (including phenoxy) is 2. The summed E-state index contributed by atoms with van der Waals surface area (Å²) < 4.78 is 11.0. The van der Waals surface area contributed by atoms with Gasteiger partial charge in [0.1, 0.15) is 0 Å². The van der Waals surface area contributed by atoms with E-state index in [0.717, 1.165) is 48.3 Å². The smallest absolute Gasteiger partial charge is 0.161 e. The third kappa shape index (κ3) is 3.09. The molecule has 0 N–H and O–H groups in total. The summed E-state index contributed by atoms with van der Waals surface area (Å²) in [5.41, 5.74) is 0.930. The summed E-state index contributed by atoms with van der Waals surface area (Å²) in [4.78, 5) is 13.1. The Kier molecular flexibility index (Phi) is 4.35. The van der Waals surface area contributed by atoms with Crippen molar-refractivity contribution in [2.75, 3.05) is 13.7 Å². The van der Waals surface area contributed by atoms with Gasteiger partial charge in [-0.1, -0.05) is 12.1 Å². The van der Waals surface area contributed by atoms with Gasteiger partial charge in [0.2, 0.25) is 0 Å². The highest BCUT2D eigenvalue weighted by atomic mass is 16.5. The van der Waals surface area contributed by atoms with Gasteiger partial charge in [-0.25, -0.2) is 0 Å². The number of methoxy groups -OCH3 is 1. The fraction of sp³-hybridized carbons (Fsp3) is 0.591. The number of hydrogen-bond acceptors (Lipinski definition) is 3. The van der Waals surface area contributed by atoms with Crippen molar-refractivity contribution in [1.29, 1.82) is 0 Å². The van der Waals surface area contributed by atoms with Crippen LogP contribution in [-0.2, 0) is 4.79 Å². The van der Waals surface area contributed by atoms with Crippen molar-refractivity contribution in [2.45, 2.75) is 45.4 Å². The molecule has 0 aliphatic heterocycles. The Balaban J connectivity index is 1.51. The zero-order valence-electron chi connectivity index (χ0n) is 15.3. The molecule has 4 fully saturated rings. The average molecular weight is 340 g/mol. The minimum absolute atomic E-state index is 0.0550. The molecule has 4 saturated carbocycles. The molecular formula is C22H28O3. The van der Waals surface area contributed by atoms with Crippen LogP contribution in [0, 0.1) is 23.2 Å². The van der Waals surface area contributed by atoms with Crippen LogP contribution in [0.15, 0.2) is 24.3 Å². The maximum atomic E-state index is 13.1. The molecule has 1 aromatic rings. The molecule has 0 atom stereocenters. The second kappa shape index (κ2) is 6.51. The SMILES string of the molecule is CCOc1ccc(/C=C/C(=O)C23CC4CC(CC(C4)C2)C3)cc1OC. The minimum Gasteiger partial charge on any atom is -0.493 e. The van der Waals surface area contributed by atoms with Gasteiger partial charge in [-0.05, 0) is 87.0 Å². The zero-order chi connectivity index (χ0) is 17.4. The first-order valence-electron chi connectivity index (χ1n) is 9.65. The van der Waals surface area contributed by atoms with Crippen LogP contribution in [0.4, 0.5) is 0 Å². The topological polar surface area (TPSA) is 35.5 Å². The lowest BCUT2D eigenvalue weighted by atomic mass is 9.48. The Labute approximate surface area is 150 Å². The third-order valence-corrected chi connectivity index (χ3v) is 6.48. The van der Waals surface area contributed by atoms with Crippen molar-refractivity contribution in [2.24, 2.45) is 23.2 Å². The standard InChI is InChI=1S/C22H28O3/c1-3-25-19-6-4-15(11-20(19)24-2)5-7-21(23)22-12-16-8-17(13-22)10-18(9-16)14-22/h4-7,11,16-18H,3,8-10,12-14H2,1-2H3/b7-5+. The summed E-state index contributed by atoms with van der Waals surface area (Å²) in [5.74, 6) is 4.21. The second-order valence-electron chi connectivity index (χ2n) is 8.24. The molecule has 4 aliphatic carbocycles. The number of carbonyl (C=O) groups excluding carboxylic acids is 1. The van der Waals surface area contributed by atoms with Crippen LogP contribution in [0.5, 0.6) is 11.5 Å². The van der Waals surface area contributed by atoms with E-state index < -0.39 is 0 Å². The number of ketones is 1. The highest BCUT2D eigenvalue weighted by Crippen LogP contribution is 2.60. The zero-order valence-corrected chi connectivity index (χ0v) is 15.3. The summed E-state index contributed by atoms with van der Waals surface area (Å²) in [7, 11) is 1.64. The summed E-state index contributed by atoms with van der Waals surface area (Å²) in [6, 6.07) is 5.84. The monoisotopic (exact) mass is 340 g/mol. The van der Waals surface area contributed by atoms with Gasteiger partial charge in [-0.2, -0.15) is 0 Å². The first kappa shape index (κ1) is 16.7. The molecule has 1 aromatic carbocycles. The lowest BCUT2D eigenvalue weighted by Gasteiger charge is -2.55. The van der Waals surface area contributed by atoms with Crippen molar-refractivity contribution >= 4 is 11.9 Å². The van der Waals surface area contributed by atoms with Gasteiger partial charge in [0.05, 0.1) is 13.7 Å². The number of rotatable bonds is 6. The lowest BCUT2D eigenvalue weighted by molar-refractivity contribution is -0.138. The second-order valence-corrected chi connectivity index (χ2v) is 8.24. The Morgan fingerprint density at radius 3 is 2.32 bits per heavy atom. The fourth-order valence-corrected chi connectivity index (χ4v) is 5.82. The van der Waals surface area contributed by atoms with E-state index in [9.17, 15) is 4.79 Å². The summed E-state index contributed by atoms with van der Waals surface area (Å²) in [5, 5.41) is 0. The van der Waals surface area contributed by atoms with E-state index in [1.165, 1.54) is 19.3 Å². The van der Waals surface area contributed by atoms with Crippen molar-refractivity contribution in [3.8, 4) is 11.5 Å². The van der Waals surface area contributed by atoms with Gasteiger partial charge in [0, 0.05) is 5.41 Å². The molecule has 4 aliphatic rings. The van der Waals surface area contributed by atoms with Crippen molar-refractivity contribution in [3.05, 3.63) is 29.8 Å². The fourth-order valence-electron chi connectivity index (χ4n) is 5.82. The first-order chi connectivity index (χ1) is 12.1. The maximum Gasteiger partial charge on any atom is 0.161 e. The van der Waals surface area contributed by atoms with E-state index in [0.29, 0.717) is 18.1 Å². The van der Waals surface area contributed by atoms with Crippen LogP contribution in [0.1, 0.15) is 51.0 Å². The molecule has 25 heavy (non-hydrogen) atoms. The Morgan fingerprint density at radius 2 is 1.76 bits per heavy atom. The number of carbonyl (C=O) groups is 1. The first-order valence-corrected chi connectivity index (χ1v) is 9.65. The van der Waals surface area contributed by atoms with Gasteiger partial charge in [-0.15, -0.1) is 0 Å².